The lowest BCUT2D eigenvalue weighted by Crippen LogP contribution is -2.17. The largest absolute Gasteiger partial charge is 0.296 e. The Kier molecular flexibility index (Phi) is 5.71. The normalized spacial score (nSPS) is 11.2. The summed E-state index contributed by atoms with van der Waals surface area (Å²) >= 11 is 1.25. The van der Waals surface area contributed by atoms with Gasteiger partial charge in [-0.15, -0.1) is 10.2 Å². The molecule has 1 amide bonds. The van der Waals surface area contributed by atoms with Crippen LogP contribution in [0.5, 0.6) is 0 Å². The molecule has 0 bridgehead atoms. The van der Waals surface area contributed by atoms with Crippen LogP contribution in [0.4, 0.5) is 15.2 Å². The fraction of sp³-hybridized carbons (Fsp3) is 0.167. The van der Waals surface area contributed by atoms with Gasteiger partial charge in [-0.2, -0.15) is 0 Å². The number of sulfonamides is 1. The fourth-order valence-electron chi connectivity index (χ4n) is 2.37. The number of para-hydroxylation sites is 1. The molecular weight excluding hydrogens is 403 g/mol. The van der Waals surface area contributed by atoms with Gasteiger partial charge in [0.2, 0.25) is 5.13 Å². The highest BCUT2D eigenvalue weighted by molar-refractivity contribution is 7.92. The molecule has 7 nitrogen and oxygen atoms in total. The van der Waals surface area contributed by atoms with Crippen LogP contribution in [0.15, 0.2) is 47.4 Å². The third-order valence-electron chi connectivity index (χ3n) is 3.87. The van der Waals surface area contributed by atoms with Gasteiger partial charge in [0.1, 0.15) is 10.8 Å². The average Bonchev–Trinajstić information content (AvgIpc) is 3.11. The van der Waals surface area contributed by atoms with Crippen LogP contribution in [0.3, 0.4) is 0 Å². The number of hydrogen-bond donors (Lipinski definition) is 2. The van der Waals surface area contributed by atoms with Gasteiger partial charge in [0.25, 0.3) is 15.9 Å². The first kappa shape index (κ1) is 19.9. The monoisotopic (exact) mass is 420 g/mol. The minimum atomic E-state index is -4.08. The van der Waals surface area contributed by atoms with Gasteiger partial charge in [-0.3, -0.25) is 14.8 Å². The van der Waals surface area contributed by atoms with Crippen LogP contribution in [0.25, 0.3) is 0 Å². The number of carbonyl (C=O) groups excluding carboxylic acids is 1. The number of carbonyl (C=O) groups is 1. The lowest BCUT2D eigenvalue weighted by molar-refractivity contribution is 0.102. The molecule has 0 saturated carbocycles. The number of aromatic nitrogens is 2. The Morgan fingerprint density at radius 3 is 2.61 bits per heavy atom. The average molecular weight is 420 g/mol. The second kappa shape index (κ2) is 8.03. The van der Waals surface area contributed by atoms with Gasteiger partial charge >= 0.3 is 0 Å². The van der Waals surface area contributed by atoms with E-state index in [1.165, 1.54) is 47.7 Å². The molecule has 0 fully saturated rings. The number of amides is 1. The third-order valence-corrected chi connectivity index (χ3v) is 6.22. The van der Waals surface area contributed by atoms with Gasteiger partial charge in [-0.05, 0) is 43.2 Å². The van der Waals surface area contributed by atoms with E-state index in [9.17, 15) is 17.6 Å². The van der Waals surface area contributed by atoms with Crippen molar-refractivity contribution in [1.82, 2.24) is 10.2 Å². The van der Waals surface area contributed by atoms with Gasteiger partial charge in [0, 0.05) is 5.56 Å². The summed E-state index contributed by atoms with van der Waals surface area (Å²) in [6.07, 6.45) is 0.696. The van der Waals surface area contributed by atoms with Crippen molar-refractivity contribution < 1.29 is 17.6 Å². The summed E-state index contributed by atoms with van der Waals surface area (Å²) < 4.78 is 41.2. The van der Waals surface area contributed by atoms with Crippen molar-refractivity contribution in [2.45, 2.75) is 25.2 Å². The highest BCUT2D eigenvalue weighted by Crippen LogP contribution is 2.22. The van der Waals surface area contributed by atoms with E-state index in [1.54, 1.807) is 6.92 Å². The maximum Gasteiger partial charge on any atom is 0.262 e. The number of anilines is 2. The van der Waals surface area contributed by atoms with E-state index in [2.05, 4.69) is 20.2 Å². The van der Waals surface area contributed by atoms with Gasteiger partial charge in [-0.25, -0.2) is 12.8 Å². The van der Waals surface area contributed by atoms with E-state index in [0.717, 1.165) is 11.1 Å². The first-order valence-electron chi connectivity index (χ1n) is 8.32. The molecule has 0 radical (unpaired) electrons. The van der Waals surface area contributed by atoms with E-state index in [-0.39, 0.29) is 16.1 Å². The summed E-state index contributed by atoms with van der Waals surface area (Å²) in [5, 5.41) is 11.5. The summed E-state index contributed by atoms with van der Waals surface area (Å²) in [5.41, 5.74) is 0.585. The molecule has 0 aliphatic carbocycles. The molecule has 3 rings (SSSR count). The predicted octanol–water partition coefficient (Wildman–Crippen LogP) is 3.60. The van der Waals surface area contributed by atoms with Gasteiger partial charge in [-0.1, -0.05) is 36.5 Å². The SMILES string of the molecule is CCc1nnc(NC(=O)c2cc(S(=O)(=O)Nc3ccccc3F)ccc2C)s1. The molecule has 0 aliphatic rings. The Hall–Kier alpha value is -2.85. The Morgan fingerprint density at radius 2 is 1.93 bits per heavy atom. The van der Waals surface area contributed by atoms with Gasteiger partial charge < -0.3 is 0 Å². The van der Waals surface area contributed by atoms with Crippen LogP contribution in [0, 0.1) is 12.7 Å². The Bertz CT molecular complexity index is 1130. The molecule has 0 spiro atoms. The molecule has 3 aromatic rings. The molecule has 146 valence electrons. The Balaban J connectivity index is 1.87. The first-order chi connectivity index (χ1) is 13.3. The zero-order chi connectivity index (χ0) is 20.3. The van der Waals surface area contributed by atoms with E-state index < -0.39 is 21.7 Å². The molecule has 0 saturated heterocycles. The first-order valence-corrected chi connectivity index (χ1v) is 10.6. The fourth-order valence-corrected chi connectivity index (χ4v) is 4.14. The second-order valence-electron chi connectivity index (χ2n) is 5.87. The van der Waals surface area contributed by atoms with E-state index in [4.69, 9.17) is 0 Å². The maximum atomic E-state index is 13.8. The molecule has 1 aromatic heterocycles. The number of nitrogens with one attached hydrogen (secondary N) is 2. The Labute approximate surface area is 165 Å². The number of aryl methyl sites for hydroxylation is 2. The molecule has 28 heavy (non-hydrogen) atoms. The summed E-state index contributed by atoms with van der Waals surface area (Å²) in [4.78, 5) is 12.4. The topological polar surface area (TPSA) is 101 Å². The number of benzene rings is 2. The minimum Gasteiger partial charge on any atom is -0.296 e. The molecular formula is C18H17FN4O3S2. The van der Waals surface area contributed by atoms with Crippen LogP contribution in [0.2, 0.25) is 0 Å². The van der Waals surface area contributed by atoms with Crippen molar-refractivity contribution in [3.63, 3.8) is 0 Å². The van der Waals surface area contributed by atoms with Gasteiger partial charge in [0.05, 0.1) is 10.6 Å². The highest BCUT2D eigenvalue weighted by Gasteiger charge is 2.20. The zero-order valence-electron chi connectivity index (χ0n) is 15.1. The van der Waals surface area contributed by atoms with E-state index in [0.29, 0.717) is 17.1 Å². The number of halogens is 1. The van der Waals surface area contributed by atoms with Crippen LogP contribution in [-0.2, 0) is 16.4 Å². The number of rotatable bonds is 6. The van der Waals surface area contributed by atoms with Crippen molar-refractivity contribution in [1.29, 1.82) is 0 Å². The molecule has 0 aliphatic heterocycles. The zero-order valence-corrected chi connectivity index (χ0v) is 16.7. The lowest BCUT2D eigenvalue weighted by atomic mass is 10.1. The molecule has 10 heteroatoms. The van der Waals surface area contributed by atoms with Crippen LogP contribution in [0.1, 0.15) is 27.9 Å². The molecule has 2 aromatic carbocycles. The summed E-state index contributed by atoms with van der Waals surface area (Å²) in [6.45, 7) is 3.61. The quantitative estimate of drug-likeness (QED) is 0.635. The highest BCUT2D eigenvalue weighted by atomic mass is 32.2. The smallest absolute Gasteiger partial charge is 0.262 e. The van der Waals surface area contributed by atoms with E-state index >= 15 is 0 Å². The van der Waals surface area contributed by atoms with Crippen molar-refractivity contribution in [3.05, 3.63) is 64.4 Å². The van der Waals surface area contributed by atoms with Crippen LogP contribution < -0.4 is 10.0 Å². The second-order valence-corrected chi connectivity index (χ2v) is 8.62. The van der Waals surface area contributed by atoms with E-state index in [1.807, 2.05) is 6.92 Å². The number of hydrogen-bond acceptors (Lipinski definition) is 6. The van der Waals surface area contributed by atoms with Crippen molar-refractivity contribution in [3.8, 4) is 0 Å². The van der Waals surface area contributed by atoms with Crippen LogP contribution >= 0.6 is 11.3 Å². The van der Waals surface area contributed by atoms with Crippen LogP contribution in [-0.4, -0.2) is 24.5 Å². The predicted molar refractivity (Wildman–Crippen MR) is 106 cm³/mol. The molecule has 1 heterocycles. The Morgan fingerprint density at radius 1 is 1.18 bits per heavy atom. The summed E-state index contributed by atoms with van der Waals surface area (Å²) in [7, 11) is -4.08. The van der Waals surface area contributed by atoms with Gasteiger partial charge in [0.15, 0.2) is 0 Å². The summed E-state index contributed by atoms with van der Waals surface area (Å²) in [6, 6.07) is 9.56. The lowest BCUT2D eigenvalue weighted by Gasteiger charge is -2.11. The van der Waals surface area contributed by atoms with Crippen molar-refractivity contribution in [2.24, 2.45) is 0 Å². The minimum absolute atomic E-state index is 0.155. The van der Waals surface area contributed by atoms with Crippen molar-refractivity contribution >= 4 is 38.1 Å². The molecule has 2 N–H and O–H groups in total. The molecule has 0 atom stereocenters. The maximum absolute atomic E-state index is 13.8. The third kappa shape index (κ3) is 4.34. The molecule has 0 unspecified atom stereocenters. The standard InChI is InChI=1S/C18H17FN4O3S2/c1-3-16-21-22-18(27-16)20-17(24)13-10-12(9-8-11(13)2)28(25,26)23-15-7-5-4-6-14(15)19/h4-10,23H,3H2,1-2H3,(H,20,22,24). The van der Waals surface area contributed by atoms with Crippen molar-refractivity contribution in [2.75, 3.05) is 10.0 Å². The number of nitrogens with zero attached hydrogens (tertiary/aromatic N) is 2. The summed E-state index contributed by atoms with van der Waals surface area (Å²) in [5.74, 6) is -1.20.